The van der Waals surface area contributed by atoms with Crippen molar-refractivity contribution >= 4 is 28.5 Å². The van der Waals surface area contributed by atoms with Gasteiger partial charge in [-0.3, -0.25) is 0 Å². The van der Waals surface area contributed by atoms with Crippen LogP contribution >= 0.6 is 12.6 Å². The fourth-order valence-electron chi connectivity index (χ4n) is 1.58. The van der Waals surface area contributed by atoms with Crippen LogP contribution < -0.4 is 0 Å². The van der Waals surface area contributed by atoms with E-state index >= 15 is 0 Å². The predicted octanol–water partition coefficient (Wildman–Crippen LogP) is 2.05. The van der Waals surface area contributed by atoms with Crippen molar-refractivity contribution in [2.24, 2.45) is 0 Å². The molecule has 1 aromatic rings. The summed E-state index contributed by atoms with van der Waals surface area (Å²) in [6, 6.07) is 5.32. The smallest absolute Gasteiger partial charge is 0.204 e. The lowest BCUT2D eigenvalue weighted by Gasteiger charge is -2.01. The first-order valence-corrected chi connectivity index (χ1v) is 6.35. The average molecular weight is 226 g/mol. The minimum absolute atomic E-state index is 0.260. The van der Waals surface area contributed by atoms with E-state index in [1.54, 1.807) is 18.2 Å². The van der Waals surface area contributed by atoms with Gasteiger partial charge in [0, 0.05) is 5.75 Å². The highest BCUT2D eigenvalue weighted by Gasteiger charge is 2.28. The normalized spacial score (nSPS) is 17.7. The zero-order valence-corrected chi connectivity index (χ0v) is 9.40. The third kappa shape index (κ3) is 1.21. The standard InChI is InChI=1S/C10H10O2S2/c1-7-3-2-4-10-9(7)5-8(6-13)14(10,11)12/h2-5,13H,6H2,1H3. The first-order valence-electron chi connectivity index (χ1n) is 4.23. The maximum atomic E-state index is 11.9. The summed E-state index contributed by atoms with van der Waals surface area (Å²) in [6.07, 6.45) is 1.72. The highest BCUT2D eigenvalue weighted by atomic mass is 32.2. The Bertz CT molecular complexity index is 513. The van der Waals surface area contributed by atoms with Gasteiger partial charge in [-0.15, -0.1) is 0 Å². The number of benzene rings is 1. The molecule has 1 aromatic carbocycles. The van der Waals surface area contributed by atoms with E-state index in [1.165, 1.54) is 0 Å². The second kappa shape index (κ2) is 3.14. The number of hydrogen-bond acceptors (Lipinski definition) is 3. The largest absolute Gasteiger partial charge is 0.219 e. The zero-order chi connectivity index (χ0) is 10.3. The fourth-order valence-corrected chi connectivity index (χ4v) is 3.68. The maximum absolute atomic E-state index is 11.9. The van der Waals surface area contributed by atoms with Gasteiger partial charge >= 0.3 is 0 Å². The lowest BCUT2D eigenvalue weighted by molar-refractivity contribution is 0.603. The van der Waals surface area contributed by atoms with Crippen molar-refractivity contribution in [1.29, 1.82) is 0 Å². The second-order valence-corrected chi connectivity index (χ2v) is 5.55. The van der Waals surface area contributed by atoms with E-state index in [9.17, 15) is 8.42 Å². The molecular formula is C10H10O2S2. The molecule has 74 valence electrons. The van der Waals surface area contributed by atoms with Gasteiger partial charge in [0.1, 0.15) is 0 Å². The van der Waals surface area contributed by atoms with Crippen LogP contribution in [0.5, 0.6) is 0 Å². The van der Waals surface area contributed by atoms with E-state index in [1.807, 2.05) is 13.0 Å². The molecule has 0 fully saturated rings. The Hall–Kier alpha value is -0.740. The molecule has 2 rings (SSSR count). The molecule has 0 saturated carbocycles. The Balaban J connectivity index is 2.78. The summed E-state index contributed by atoms with van der Waals surface area (Å²) in [4.78, 5) is 0.812. The average Bonchev–Trinajstić information content (AvgIpc) is 2.40. The van der Waals surface area contributed by atoms with E-state index in [2.05, 4.69) is 12.6 Å². The van der Waals surface area contributed by atoms with Crippen LogP contribution in [0.25, 0.3) is 6.08 Å². The molecule has 0 unspecified atom stereocenters. The number of fused-ring (bicyclic) bond motifs is 1. The van der Waals surface area contributed by atoms with Crippen LogP contribution in [-0.2, 0) is 9.84 Å². The van der Waals surface area contributed by atoms with Crippen LogP contribution in [0, 0.1) is 6.92 Å². The lowest BCUT2D eigenvalue weighted by Crippen LogP contribution is -2.01. The number of aryl methyl sites for hydroxylation is 1. The molecule has 1 aliphatic heterocycles. The van der Waals surface area contributed by atoms with Crippen LogP contribution in [0.2, 0.25) is 0 Å². The van der Waals surface area contributed by atoms with Gasteiger partial charge in [-0.25, -0.2) is 8.42 Å². The summed E-state index contributed by atoms with van der Waals surface area (Å²) < 4.78 is 23.7. The Morgan fingerprint density at radius 2 is 2.07 bits per heavy atom. The first-order chi connectivity index (χ1) is 6.57. The molecule has 0 N–H and O–H groups in total. The topological polar surface area (TPSA) is 34.1 Å². The van der Waals surface area contributed by atoms with Gasteiger partial charge in [0.05, 0.1) is 9.80 Å². The van der Waals surface area contributed by atoms with Gasteiger partial charge in [0.15, 0.2) is 0 Å². The predicted molar refractivity (Wildman–Crippen MR) is 60.2 cm³/mol. The molecule has 0 spiro atoms. The number of rotatable bonds is 1. The second-order valence-electron chi connectivity index (χ2n) is 3.26. The van der Waals surface area contributed by atoms with E-state index in [0.29, 0.717) is 9.80 Å². The molecule has 1 aliphatic rings. The monoisotopic (exact) mass is 226 g/mol. The molecule has 0 aromatic heterocycles. The number of thiol groups is 1. The van der Waals surface area contributed by atoms with Crippen LogP contribution in [0.15, 0.2) is 28.0 Å². The van der Waals surface area contributed by atoms with Crippen LogP contribution in [0.4, 0.5) is 0 Å². The molecular weight excluding hydrogens is 216 g/mol. The van der Waals surface area contributed by atoms with Crippen molar-refractivity contribution < 1.29 is 8.42 Å². The van der Waals surface area contributed by atoms with Crippen LogP contribution in [0.1, 0.15) is 11.1 Å². The van der Waals surface area contributed by atoms with Crippen molar-refractivity contribution in [3.05, 3.63) is 34.2 Å². The number of hydrogen-bond donors (Lipinski definition) is 1. The number of sulfone groups is 1. The molecule has 4 heteroatoms. The molecule has 0 aliphatic carbocycles. The quantitative estimate of drug-likeness (QED) is 0.744. The van der Waals surface area contributed by atoms with Gasteiger partial charge in [-0.2, -0.15) is 12.6 Å². The highest BCUT2D eigenvalue weighted by Crippen LogP contribution is 2.34. The summed E-state index contributed by atoms with van der Waals surface area (Å²) in [5.74, 6) is 0.260. The van der Waals surface area contributed by atoms with E-state index in [-0.39, 0.29) is 5.75 Å². The highest BCUT2D eigenvalue weighted by molar-refractivity contribution is 7.97. The van der Waals surface area contributed by atoms with E-state index < -0.39 is 9.84 Å². The van der Waals surface area contributed by atoms with Gasteiger partial charge < -0.3 is 0 Å². The first kappa shape index (κ1) is 9.80. The van der Waals surface area contributed by atoms with Crippen molar-refractivity contribution in [1.82, 2.24) is 0 Å². The zero-order valence-electron chi connectivity index (χ0n) is 7.69. The van der Waals surface area contributed by atoms with Gasteiger partial charge in [-0.1, -0.05) is 12.1 Å². The Morgan fingerprint density at radius 3 is 2.64 bits per heavy atom. The Kier molecular flexibility index (Phi) is 2.20. The third-order valence-corrected chi connectivity index (χ3v) is 4.82. The van der Waals surface area contributed by atoms with E-state index in [0.717, 1.165) is 11.1 Å². The van der Waals surface area contributed by atoms with Gasteiger partial charge in [-0.05, 0) is 30.2 Å². The lowest BCUT2D eigenvalue weighted by atomic mass is 10.1. The third-order valence-electron chi connectivity index (χ3n) is 2.38. The summed E-state index contributed by atoms with van der Waals surface area (Å²) in [5.41, 5.74) is 1.81. The van der Waals surface area contributed by atoms with Gasteiger partial charge in [0.25, 0.3) is 0 Å². The van der Waals surface area contributed by atoms with Crippen molar-refractivity contribution in [2.75, 3.05) is 5.75 Å². The summed E-state index contributed by atoms with van der Waals surface area (Å²) >= 11 is 4.02. The Labute approximate surface area is 89.0 Å². The minimum Gasteiger partial charge on any atom is -0.219 e. The maximum Gasteiger partial charge on any atom is 0.204 e. The molecule has 14 heavy (non-hydrogen) atoms. The molecule has 0 bridgehead atoms. The molecule has 0 radical (unpaired) electrons. The van der Waals surface area contributed by atoms with Crippen molar-refractivity contribution in [3.63, 3.8) is 0 Å². The van der Waals surface area contributed by atoms with E-state index in [4.69, 9.17) is 0 Å². The summed E-state index contributed by atoms with van der Waals surface area (Å²) in [5, 5.41) is 0. The van der Waals surface area contributed by atoms with Crippen LogP contribution in [-0.4, -0.2) is 14.2 Å². The Morgan fingerprint density at radius 1 is 1.36 bits per heavy atom. The van der Waals surface area contributed by atoms with Crippen molar-refractivity contribution in [3.8, 4) is 0 Å². The molecule has 0 saturated heterocycles. The van der Waals surface area contributed by atoms with Crippen LogP contribution in [0.3, 0.4) is 0 Å². The fraction of sp³-hybridized carbons (Fsp3) is 0.200. The SMILES string of the molecule is Cc1cccc2c1C=C(CS)S2(=O)=O. The summed E-state index contributed by atoms with van der Waals surface area (Å²) in [7, 11) is -3.23. The molecule has 2 nitrogen and oxygen atoms in total. The minimum atomic E-state index is -3.23. The molecule has 1 heterocycles. The molecule has 0 amide bonds. The van der Waals surface area contributed by atoms with Crippen molar-refractivity contribution in [2.45, 2.75) is 11.8 Å². The summed E-state index contributed by atoms with van der Waals surface area (Å²) in [6.45, 7) is 1.91. The molecule has 0 atom stereocenters. The van der Waals surface area contributed by atoms with Gasteiger partial charge in [0.2, 0.25) is 9.84 Å².